The molecule has 1 saturated heterocycles. The number of amides is 1. The van der Waals surface area contributed by atoms with E-state index >= 15 is 0 Å². The summed E-state index contributed by atoms with van der Waals surface area (Å²) in [5, 5.41) is 9.61. The Balaban J connectivity index is 2.27. The first-order valence-corrected chi connectivity index (χ1v) is 7.37. The topological polar surface area (TPSA) is 40.5 Å². The lowest BCUT2D eigenvalue weighted by Crippen LogP contribution is -2.37. The van der Waals surface area contributed by atoms with Gasteiger partial charge in [-0.3, -0.25) is 4.79 Å². The van der Waals surface area contributed by atoms with Crippen LogP contribution in [0.25, 0.3) is 0 Å². The van der Waals surface area contributed by atoms with Gasteiger partial charge in [0.2, 0.25) is 0 Å². The van der Waals surface area contributed by atoms with Gasteiger partial charge in [0.05, 0.1) is 12.2 Å². The van der Waals surface area contributed by atoms with Crippen molar-refractivity contribution in [1.29, 1.82) is 0 Å². The third-order valence-electron chi connectivity index (χ3n) is 4.68. The minimum atomic E-state index is -4.71. The summed E-state index contributed by atoms with van der Waals surface area (Å²) in [6, 6.07) is 1.85. The summed E-state index contributed by atoms with van der Waals surface area (Å²) in [6.07, 6.45) is -4.15. The lowest BCUT2D eigenvalue weighted by atomic mass is 9.77. The Bertz CT molecular complexity index is 600. The van der Waals surface area contributed by atoms with Crippen LogP contribution in [-0.2, 0) is 6.18 Å². The predicted octanol–water partition coefficient (Wildman–Crippen LogP) is 3.33. The van der Waals surface area contributed by atoms with E-state index in [4.69, 9.17) is 0 Å². The highest BCUT2D eigenvalue weighted by Gasteiger charge is 2.42. The molecule has 1 aliphatic rings. The van der Waals surface area contributed by atoms with Crippen molar-refractivity contribution >= 4 is 5.91 Å². The van der Waals surface area contributed by atoms with Gasteiger partial charge in [-0.05, 0) is 30.5 Å². The summed E-state index contributed by atoms with van der Waals surface area (Å²) >= 11 is 0. The van der Waals surface area contributed by atoms with E-state index in [9.17, 15) is 27.5 Å². The summed E-state index contributed by atoms with van der Waals surface area (Å²) in [5.41, 5.74) is -1.97. The van der Waals surface area contributed by atoms with Gasteiger partial charge >= 0.3 is 6.18 Å². The second-order valence-corrected chi connectivity index (χ2v) is 6.38. The highest BCUT2D eigenvalue weighted by molar-refractivity contribution is 5.94. The molecule has 1 unspecified atom stereocenters. The summed E-state index contributed by atoms with van der Waals surface area (Å²) < 4.78 is 51.7. The fourth-order valence-corrected chi connectivity index (χ4v) is 2.91. The summed E-state index contributed by atoms with van der Waals surface area (Å²) in [7, 11) is 0. The third-order valence-corrected chi connectivity index (χ3v) is 4.68. The van der Waals surface area contributed by atoms with E-state index in [2.05, 4.69) is 0 Å². The molecule has 3 nitrogen and oxygen atoms in total. The van der Waals surface area contributed by atoms with Crippen molar-refractivity contribution in [1.82, 2.24) is 4.90 Å². The Morgan fingerprint density at radius 1 is 1.35 bits per heavy atom. The van der Waals surface area contributed by atoms with Gasteiger partial charge in [-0.25, -0.2) is 4.39 Å². The lowest BCUT2D eigenvalue weighted by Gasteiger charge is -2.31. The summed E-state index contributed by atoms with van der Waals surface area (Å²) in [6.45, 7) is 4.32. The van der Waals surface area contributed by atoms with E-state index in [-0.39, 0.29) is 24.6 Å². The average molecular weight is 333 g/mol. The van der Waals surface area contributed by atoms with Gasteiger partial charge in [-0.15, -0.1) is 0 Å². The van der Waals surface area contributed by atoms with Gasteiger partial charge in [-0.1, -0.05) is 13.8 Å². The van der Waals surface area contributed by atoms with Gasteiger partial charge in [0.15, 0.2) is 0 Å². The first kappa shape index (κ1) is 17.7. The zero-order chi connectivity index (χ0) is 17.4. The van der Waals surface area contributed by atoms with Crippen molar-refractivity contribution < 1.29 is 27.5 Å². The molecule has 1 N–H and O–H groups in total. The first-order valence-electron chi connectivity index (χ1n) is 7.37. The van der Waals surface area contributed by atoms with Crippen molar-refractivity contribution in [2.75, 3.05) is 19.7 Å². The van der Waals surface area contributed by atoms with Crippen LogP contribution in [0.15, 0.2) is 18.2 Å². The van der Waals surface area contributed by atoms with E-state index in [1.807, 2.05) is 13.8 Å². The molecule has 1 aromatic rings. The van der Waals surface area contributed by atoms with Gasteiger partial charge < -0.3 is 10.0 Å². The van der Waals surface area contributed by atoms with Crippen molar-refractivity contribution in [3.8, 4) is 0 Å². The number of rotatable bonds is 3. The maximum absolute atomic E-state index is 13.4. The number of halogens is 4. The molecule has 7 heteroatoms. The van der Waals surface area contributed by atoms with Gasteiger partial charge in [-0.2, -0.15) is 13.2 Å². The number of carbonyl (C=O) groups is 1. The fraction of sp³-hybridized carbons (Fsp3) is 0.562. The molecule has 1 aromatic carbocycles. The van der Waals surface area contributed by atoms with Gasteiger partial charge in [0, 0.05) is 24.1 Å². The number of hydrogen-bond donors (Lipinski definition) is 1. The van der Waals surface area contributed by atoms with E-state index in [1.165, 1.54) is 4.90 Å². The molecule has 0 saturated carbocycles. The average Bonchev–Trinajstić information content (AvgIpc) is 2.90. The van der Waals surface area contributed by atoms with Crippen LogP contribution in [0.2, 0.25) is 0 Å². The highest BCUT2D eigenvalue weighted by atomic mass is 19.4. The molecule has 128 valence electrons. The van der Waals surface area contributed by atoms with E-state index in [1.54, 1.807) is 0 Å². The van der Waals surface area contributed by atoms with Crippen molar-refractivity contribution in [3.05, 3.63) is 35.1 Å². The molecule has 0 aromatic heterocycles. The number of likely N-dealkylation sites (tertiary alicyclic amines) is 1. The molecule has 1 atom stereocenters. The third kappa shape index (κ3) is 3.49. The lowest BCUT2D eigenvalue weighted by molar-refractivity contribution is -0.137. The Labute approximate surface area is 131 Å². The van der Waals surface area contributed by atoms with Crippen LogP contribution in [-0.4, -0.2) is 35.6 Å². The monoisotopic (exact) mass is 333 g/mol. The molecule has 1 aliphatic heterocycles. The van der Waals surface area contributed by atoms with Crippen LogP contribution in [0.5, 0.6) is 0 Å². The molecule has 1 amide bonds. The molecular weight excluding hydrogens is 314 g/mol. The molecule has 0 bridgehead atoms. The minimum absolute atomic E-state index is 0.106. The van der Waals surface area contributed by atoms with Crippen molar-refractivity contribution in [2.24, 2.45) is 11.3 Å². The molecule has 1 fully saturated rings. The maximum Gasteiger partial charge on any atom is 0.416 e. The standard InChI is InChI=1S/C16H19F4NO2/c1-10(2)15(9-22)3-4-21(8-15)14(23)11-5-12(16(18,19)20)7-13(17)6-11/h5-7,10,22H,3-4,8-9H2,1-2H3. The van der Waals surface area contributed by atoms with Gasteiger partial charge in [0.1, 0.15) is 5.82 Å². The molecule has 0 radical (unpaired) electrons. The van der Waals surface area contributed by atoms with Crippen LogP contribution < -0.4 is 0 Å². The second kappa shape index (κ2) is 6.11. The van der Waals surface area contributed by atoms with Crippen LogP contribution in [0, 0.1) is 17.2 Å². The molecule has 0 spiro atoms. The quantitative estimate of drug-likeness (QED) is 0.862. The minimum Gasteiger partial charge on any atom is -0.396 e. The maximum atomic E-state index is 13.4. The SMILES string of the molecule is CC(C)C1(CO)CCN(C(=O)c2cc(F)cc(C(F)(F)F)c2)C1. The number of aliphatic hydroxyl groups is 1. The Morgan fingerprint density at radius 2 is 2.00 bits per heavy atom. The van der Waals surface area contributed by atoms with Crippen LogP contribution in [0.4, 0.5) is 17.6 Å². The van der Waals surface area contributed by atoms with E-state index in [0.29, 0.717) is 25.1 Å². The zero-order valence-corrected chi connectivity index (χ0v) is 13.0. The molecule has 23 heavy (non-hydrogen) atoms. The van der Waals surface area contributed by atoms with Crippen molar-refractivity contribution in [2.45, 2.75) is 26.4 Å². The molecule has 1 heterocycles. The van der Waals surface area contributed by atoms with E-state index < -0.39 is 28.9 Å². The fourth-order valence-electron chi connectivity index (χ4n) is 2.91. The van der Waals surface area contributed by atoms with Crippen molar-refractivity contribution in [3.63, 3.8) is 0 Å². The number of nitrogens with zero attached hydrogens (tertiary/aromatic N) is 1. The second-order valence-electron chi connectivity index (χ2n) is 6.38. The summed E-state index contributed by atoms with van der Waals surface area (Å²) in [4.78, 5) is 13.8. The smallest absolute Gasteiger partial charge is 0.396 e. The molecule has 2 rings (SSSR count). The zero-order valence-electron chi connectivity index (χ0n) is 13.0. The number of aliphatic hydroxyl groups excluding tert-OH is 1. The first-order chi connectivity index (χ1) is 10.6. The Hall–Kier alpha value is -1.63. The van der Waals surface area contributed by atoms with Crippen LogP contribution in [0.1, 0.15) is 36.2 Å². The van der Waals surface area contributed by atoms with E-state index in [0.717, 1.165) is 6.07 Å². The highest BCUT2D eigenvalue weighted by Crippen LogP contribution is 2.38. The van der Waals surface area contributed by atoms with Crippen LogP contribution in [0.3, 0.4) is 0 Å². The number of carbonyl (C=O) groups excluding carboxylic acids is 1. The van der Waals surface area contributed by atoms with Crippen LogP contribution >= 0.6 is 0 Å². The largest absolute Gasteiger partial charge is 0.416 e. The molecular formula is C16H19F4NO2. The number of hydrogen-bond acceptors (Lipinski definition) is 2. The van der Waals surface area contributed by atoms with Gasteiger partial charge in [0.25, 0.3) is 5.91 Å². The predicted molar refractivity (Wildman–Crippen MR) is 76.3 cm³/mol. The summed E-state index contributed by atoms with van der Waals surface area (Å²) in [5.74, 6) is -1.63. The normalized spacial score (nSPS) is 22.0. The Morgan fingerprint density at radius 3 is 2.48 bits per heavy atom. The Kier molecular flexibility index (Phi) is 4.71. The number of benzene rings is 1. The molecule has 0 aliphatic carbocycles. The number of alkyl halides is 3.